The summed E-state index contributed by atoms with van der Waals surface area (Å²) in [5, 5.41) is 2.72. The number of amides is 1. The van der Waals surface area contributed by atoms with Gasteiger partial charge in [-0.15, -0.1) is 13.2 Å². The van der Waals surface area contributed by atoms with Crippen molar-refractivity contribution >= 4 is 5.91 Å². The fourth-order valence-electron chi connectivity index (χ4n) is 3.19. The zero-order valence-electron chi connectivity index (χ0n) is 13.6. The van der Waals surface area contributed by atoms with Crippen molar-refractivity contribution in [3.63, 3.8) is 0 Å². The molecule has 2 fully saturated rings. The second kappa shape index (κ2) is 7.21. The predicted molar refractivity (Wildman–Crippen MR) is 82.1 cm³/mol. The molecule has 138 valence electrons. The van der Waals surface area contributed by atoms with Crippen LogP contribution in [0.2, 0.25) is 0 Å². The molecule has 5 nitrogen and oxygen atoms in total. The van der Waals surface area contributed by atoms with Crippen molar-refractivity contribution < 1.29 is 32.2 Å². The number of hydrogen-bond acceptors (Lipinski definition) is 4. The molecule has 0 unspecified atom stereocenters. The molecule has 1 aliphatic carbocycles. The molecule has 1 amide bonds. The largest absolute Gasteiger partial charge is 0.573 e. The lowest BCUT2D eigenvalue weighted by Crippen LogP contribution is -2.37. The van der Waals surface area contributed by atoms with E-state index in [1.54, 1.807) is 0 Å². The van der Waals surface area contributed by atoms with E-state index >= 15 is 0 Å². The maximum atomic E-state index is 12.1. The number of carbonyl (C=O) groups excluding carboxylic acids is 1. The van der Waals surface area contributed by atoms with Gasteiger partial charge < -0.3 is 19.5 Å². The molecule has 3 rings (SSSR count). The lowest BCUT2D eigenvalue weighted by atomic mass is 9.94. The Morgan fingerprint density at radius 3 is 2.52 bits per heavy atom. The number of carbonyl (C=O) groups is 1. The minimum atomic E-state index is -4.75. The van der Waals surface area contributed by atoms with Crippen LogP contribution < -0.4 is 10.1 Å². The molecule has 1 aromatic rings. The molecule has 1 spiro atoms. The van der Waals surface area contributed by atoms with Gasteiger partial charge in [0.15, 0.2) is 5.79 Å². The number of alkyl halides is 3. The molecule has 1 aromatic carbocycles. The Morgan fingerprint density at radius 2 is 1.88 bits per heavy atom. The molecule has 0 aromatic heterocycles. The first-order chi connectivity index (χ1) is 11.9. The third kappa shape index (κ3) is 4.85. The summed E-state index contributed by atoms with van der Waals surface area (Å²) in [5.41, 5.74) is 0.251. The first kappa shape index (κ1) is 18.0. The summed E-state index contributed by atoms with van der Waals surface area (Å²) < 4.78 is 51.9. The quantitative estimate of drug-likeness (QED) is 0.895. The van der Waals surface area contributed by atoms with Crippen molar-refractivity contribution in [2.24, 2.45) is 0 Å². The Bertz CT molecular complexity index is 597. The molecule has 2 aliphatic rings. The van der Waals surface area contributed by atoms with Crippen LogP contribution >= 0.6 is 0 Å². The van der Waals surface area contributed by atoms with Gasteiger partial charge in [-0.05, 0) is 37.1 Å². The zero-order chi connectivity index (χ0) is 17.9. The van der Waals surface area contributed by atoms with Crippen LogP contribution in [0.1, 0.15) is 42.5 Å². The molecular formula is C17H20F3NO4. The summed E-state index contributed by atoms with van der Waals surface area (Å²) >= 11 is 0. The minimum Gasteiger partial charge on any atom is -0.406 e. The fraction of sp³-hybridized carbons (Fsp3) is 0.588. The van der Waals surface area contributed by atoms with Gasteiger partial charge in [0.05, 0.1) is 6.61 Å². The molecule has 8 heteroatoms. The summed E-state index contributed by atoms with van der Waals surface area (Å²) in [5.74, 6) is -1.24. The van der Waals surface area contributed by atoms with E-state index in [9.17, 15) is 18.0 Å². The Balaban J connectivity index is 1.48. The van der Waals surface area contributed by atoms with E-state index in [-0.39, 0.29) is 23.3 Å². The fourth-order valence-corrected chi connectivity index (χ4v) is 3.19. The van der Waals surface area contributed by atoms with Crippen LogP contribution in [0.5, 0.6) is 5.75 Å². The van der Waals surface area contributed by atoms with Crippen LogP contribution in [0.3, 0.4) is 0 Å². The maximum absolute atomic E-state index is 12.1. The summed E-state index contributed by atoms with van der Waals surface area (Å²) in [6.07, 6.45) is 0.116. The Hall–Kier alpha value is -1.80. The lowest BCUT2D eigenvalue weighted by Gasteiger charge is -2.31. The Kier molecular flexibility index (Phi) is 5.19. The number of hydrogen-bond donors (Lipinski definition) is 1. The van der Waals surface area contributed by atoms with Crippen molar-refractivity contribution in [2.75, 3.05) is 13.2 Å². The number of rotatable bonds is 4. The van der Waals surface area contributed by atoms with Gasteiger partial charge in [0.25, 0.3) is 5.91 Å². The van der Waals surface area contributed by atoms with Crippen LogP contribution in [0.15, 0.2) is 24.3 Å². The summed E-state index contributed by atoms with van der Waals surface area (Å²) in [6.45, 7) is 0.722. The molecule has 1 saturated carbocycles. The monoisotopic (exact) mass is 359 g/mol. The Morgan fingerprint density at radius 1 is 1.20 bits per heavy atom. The van der Waals surface area contributed by atoms with Gasteiger partial charge in [-0.1, -0.05) is 6.42 Å². The number of ether oxygens (including phenoxy) is 3. The van der Waals surface area contributed by atoms with E-state index < -0.39 is 12.1 Å². The summed E-state index contributed by atoms with van der Waals surface area (Å²) in [7, 11) is 0. The molecule has 0 radical (unpaired) electrons. The SMILES string of the molecule is O=C(NC[C@@H]1COC2(CCCCC2)O1)c1ccc(OC(F)(F)F)cc1. The van der Waals surface area contributed by atoms with Gasteiger partial charge in [0.1, 0.15) is 11.9 Å². The first-order valence-corrected chi connectivity index (χ1v) is 8.31. The molecule has 1 N–H and O–H groups in total. The molecular weight excluding hydrogens is 339 g/mol. The molecule has 1 aliphatic heterocycles. The second-order valence-electron chi connectivity index (χ2n) is 6.30. The maximum Gasteiger partial charge on any atom is 0.573 e. The Labute approximate surface area is 143 Å². The number of benzene rings is 1. The van der Waals surface area contributed by atoms with E-state index in [1.807, 2.05) is 0 Å². The van der Waals surface area contributed by atoms with E-state index in [4.69, 9.17) is 9.47 Å². The van der Waals surface area contributed by atoms with Crippen molar-refractivity contribution in [3.05, 3.63) is 29.8 Å². The van der Waals surface area contributed by atoms with Gasteiger partial charge >= 0.3 is 6.36 Å². The normalized spacial score (nSPS) is 22.8. The number of halogens is 3. The van der Waals surface area contributed by atoms with Crippen LogP contribution in [-0.2, 0) is 9.47 Å². The average molecular weight is 359 g/mol. The summed E-state index contributed by atoms with van der Waals surface area (Å²) in [4.78, 5) is 12.1. The van der Waals surface area contributed by atoms with Crippen molar-refractivity contribution in [1.82, 2.24) is 5.32 Å². The van der Waals surface area contributed by atoms with Gasteiger partial charge in [0, 0.05) is 24.9 Å². The van der Waals surface area contributed by atoms with Crippen LogP contribution in [-0.4, -0.2) is 37.3 Å². The van der Waals surface area contributed by atoms with Crippen molar-refractivity contribution in [3.8, 4) is 5.75 Å². The molecule has 1 heterocycles. The van der Waals surface area contributed by atoms with Gasteiger partial charge in [-0.3, -0.25) is 4.79 Å². The first-order valence-electron chi connectivity index (χ1n) is 8.31. The van der Waals surface area contributed by atoms with Crippen LogP contribution in [0.4, 0.5) is 13.2 Å². The highest BCUT2D eigenvalue weighted by Gasteiger charge is 2.42. The van der Waals surface area contributed by atoms with Gasteiger partial charge in [-0.2, -0.15) is 0 Å². The molecule has 1 saturated heterocycles. The van der Waals surface area contributed by atoms with Crippen molar-refractivity contribution in [2.45, 2.75) is 50.4 Å². The van der Waals surface area contributed by atoms with Gasteiger partial charge in [0.2, 0.25) is 0 Å². The highest BCUT2D eigenvalue weighted by Crippen LogP contribution is 2.37. The summed E-state index contributed by atoms with van der Waals surface area (Å²) in [6, 6.07) is 4.78. The zero-order valence-corrected chi connectivity index (χ0v) is 13.6. The topological polar surface area (TPSA) is 56.8 Å². The van der Waals surface area contributed by atoms with E-state index in [0.717, 1.165) is 37.8 Å². The van der Waals surface area contributed by atoms with Crippen LogP contribution in [0.25, 0.3) is 0 Å². The number of nitrogens with one attached hydrogen (secondary N) is 1. The van der Waals surface area contributed by atoms with E-state index in [0.29, 0.717) is 13.2 Å². The average Bonchev–Trinajstić information content (AvgIpc) is 2.95. The standard InChI is InChI=1S/C17H20F3NO4/c18-17(19,20)25-13-6-4-12(5-7-13)15(22)21-10-14-11-23-16(24-14)8-2-1-3-9-16/h4-7,14H,1-3,8-11H2,(H,21,22)/t14-/m1/s1. The van der Waals surface area contributed by atoms with Crippen molar-refractivity contribution in [1.29, 1.82) is 0 Å². The highest BCUT2D eigenvalue weighted by molar-refractivity contribution is 5.94. The van der Waals surface area contributed by atoms with Gasteiger partial charge in [-0.25, -0.2) is 0 Å². The third-order valence-electron chi connectivity index (χ3n) is 4.37. The van der Waals surface area contributed by atoms with E-state index in [1.165, 1.54) is 18.6 Å². The third-order valence-corrected chi connectivity index (χ3v) is 4.37. The van der Waals surface area contributed by atoms with E-state index in [2.05, 4.69) is 10.1 Å². The smallest absolute Gasteiger partial charge is 0.406 e. The predicted octanol–water partition coefficient (Wildman–Crippen LogP) is 3.39. The molecule has 1 atom stereocenters. The highest BCUT2D eigenvalue weighted by atomic mass is 19.4. The second-order valence-corrected chi connectivity index (χ2v) is 6.30. The minimum absolute atomic E-state index is 0.213. The molecule has 25 heavy (non-hydrogen) atoms. The lowest BCUT2D eigenvalue weighted by molar-refractivity contribution is -0.274. The van der Waals surface area contributed by atoms with Crippen LogP contribution in [0, 0.1) is 0 Å². The molecule has 0 bridgehead atoms.